The number of aromatic hydroxyl groups is 1. The molecule has 3 aromatic rings. The van der Waals surface area contributed by atoms with Crippen LogP contribution in [0.15, 0.2) is 49.8 Å². The standard InChI is InChI=1S/C26H23BrClIN2O6S/c1-5-36-19-11-16(27)15(10-18(19)35-4)22-21(25(34)37-6-2)12(3)30-26-31(22)24(33)20(38-26)8-13-7-14(28)9-17(29)23(13)32/h7-11,22,32H,5-6H2,1-4H3/b20-8+/t22-/m0/s1. The number of thiazole rings is 1. The predicted molar refractivity (Wildman–Crippen MR) is 158 cm³/mol. The largest absolute Gasteiger partial charge is 0.506 e. The van der Waals surface area contributed by atoms with E-state index in [-0.39, 0.29) is 23.5 Å². The van der Waals surface area contributed by atoms with Gasteiger partial charge in [-0.2, -0.15) is 0 Å². The van der Waals surface area contributed by atoms with Gasteiger partial charge in [-0.15, -0.1) is 0 Å². The number of nitrogens with zero attached hydrogens (tertiary/aromatic N) is 2. The molecule has 1 aliphatic heterocycles. The fraction of sp³-hybridized carbons (Fsp3) is 0.269. The van der Waals surface area contributed by atoms with Gasteiger partial charge in [0.2, 0.25) is 0 Å². The number of hydrogen-bond donors (Lipinski definition) is 1. The summed E-state index contributed by atoms with van der Waals surface area (Å²) in [6, 6.07) is 5.83. The lowest BCUT2D eigenvalue weighted by Crippen LogP contribution is -2.40. The minimum atomic E-state index is -0.862. The van der Waals surface area contributed by atoms with Gasteiger partial charge in [-0.25, -0.2) is 9.79 Å². The van der Waals surface area contributed by atoms with Crippen molar-refractivity contribution in [2.75, 3.05) is 20.3 Å². The average molecular weight is 734 g/mol. The van der Waals surface area contributed by atoms with Crippen molar-refractivity contribution in [3.63, 3.8) is 0 Å². The Balaban J connectivity index is 2.02. The molecule has 1 aliphatic rings. The van der Waals surface area contributed by atoms with E-state index < -0.39 is 12.0 Å². The first-order chi connectivity index (χ1) is 18.1. The topological polar surface area (TPSA) is 99.4 Å². The summed E-state index contributed by atoms with van der Waals surface area (Å²) in [5.74, 6) is 0.403. The molecule has 12 heteroatoms. The van der Waals surface area contributed by atoms with Crippen molar-refractivity contribution < 1.29 is 24.1 Å². The van der Waals surface area contributed by atoms with E-state index in [0.717, 1.165) is 11.3 Å². The minimum absolute atomic E-state index is 0.0137. The number of rotatable bonds is 7. The fourth-order valence-electron chi connectivity index (χ4n) is 4.11. The molecule has 0 fully saturated rings. The molecule has 0 saturated carbocycles. The maximum Gasteiger partial charge on any atom is 0.338 e. The van der Waals surface area contributed by atoms with Gasteiger partial charge >= 0.3 is 5.97 Å². The molecule has 0 bridgehead atoms. The van der Waals surface area contributed by atoms with Crippen molar-refractivity contribution >= 4 is 73.5 Å². The van der Waals surface area contributed by atoms with E-state index >= 15 is 0 Å². The van der Waals surface area contributed by atoms with Gasteiger partial charge < -0.3 is 19.3 Å². The smallest absolute Gasteiger partial charge is 0.338 e. The second-order valence-corrected chi connectivity index (χ2v) is 11.5. The molecule has 0 spiro atoms. The van der Waals surface area contributed by atoms with E-state index in [0.29, 0.717) is 57.3 Å². The molecule has 0 saturated heterocycles. The Morgan fingerprint density at radius 1 is 1.26 bits per heavy atom. The molecule has 2 aromatic carbocycles. The third-order valence-electron chi connectivity index (χ3n) is 5.74. The summed E-state index contributed by atoms with van der Waals surface area (Å²) in [5.41, 5.74) is 1.27. The molecule has 1 N–H and O–H groups in total. The predicted octanol–water partition coefficient (Wildman–Crippen LogP) is 4.93. The zero-order chi connectivity index (χ0) is 27.7. The van der Waals surface area contributed by atoms with Crippen LogP contribution in [0.2, 0.25) is 5.02 Å². The van der Waals surface area contributed by atoms with Crippen LogP contribution in [0.1, 0.15) is 37.9 Å². The Bertz CT molecular complexity index is 1650. The highest BCUT2D eigenvalue weighted by Gasteiger charge is 2.35. The summed E-state index contributed by atoms with van der Waals surface area (Å²) in [6.07, 6.45) is 1.57. The van der Waals surface area contributed by atoms with E-state index in [1.54, 1.807) is 44.2 Å². The SMILES string of the molecule is CCOC(=O)C1=C(C)N=c2s/c(=C/c3cc(Cl)cc(I)c3O)c(=O)n2[C@H]1c1cc(OC)c(OCC)cc1Br. The van der Waals surface area contributed by atoms with Crippen molar-refractivity contribution in [1.29, 1.82) is 0 Å². The van der Waals surface area contributed by atoms with E-state index in [9.17, 15) is 14.7 Å². The number of hydrogen-bond acceptors (Lipinski definition) is 8. The Hall–Kier alpha value is -2.35. The van der Waals surface area contributed by atoms with Crippen molar-refractivity contribution in [2.45, 2.75) is 26.8 Å². The maximum atomic E-state index is 13.9. The molecule has 1 aromatic heterocycles. The van der Waals surface area contributed by atoms with Gasteiger partial charge in [-0.05, 0) is 79.3 Å². The number of halogens is 3. The maximum absolute atomic E-state index is 13.9. The zero-order valence-electron chi connectivity index (χ0n) is 20.8. The highest BCUT2D eigenvalue weighted by molar-refractivity contribution is 14.1. The van der Waals surface area contributed by atoms with Crippen LogP contribution >= 0.6 is 61.5 Å². The molecule has 0 amide bonds. The van der Waals surface area contributed by atoms with Crippen LogP contribution in [-0.4, -0.2) is 36.0 Å². The van der Waals surface area contributed by atoms with Crippen molar-refractivity contribution in [3.8, 4) is 17.2 Å². The van der Waals surface area contributed by atoms with Gasteiger partial charge in [0, 0.05) is 15.1 Å². The van der Waals surface area contributed by atoms with Crippen LogP contribution in [0.4, 0.5) is 0 Å². The van der Waals surface area contributed by atoms with Gasteiger partial charge in [-0.1, -0.05) is 38.9 Å². The van der Waals surface area contributed by atoms with Crippen LogP contribution in [0.5, 0.6) is 17.2 Å². The molecule has 1 atom stereocenters. The second kappa shape index (κ2) is 11.8. The van der Waals surface area contributed by atoms with Gasteiger partial charge in [0.05, 0.1) is 45.7 Å². The molecule has 38 heavy (non-hydrogen) atoms. The van der Waals surface area contributed by atoms with Gasteiger partial charge in [0.1, 0.15) is 5.75 Å². The highest BCUT2D eigenvalue weighted by atomic mass is 127. The molecule has 200 valence electrons. The first kappa shape index (κ1) is 28.7. The summed E-state index contributed by atoms with van der Waals surface area (Å²) in [4.78, 5) is 32.0. The first-order valence-corrected chi connectivity index (χ1v) is 14.6. The molecule has 8 nitrogen and oxygen atoms in total. The number of methoxy groups -OCH3 is 1. The number of allylic oxidation sites excluding steroid dienone is 1. The van der Waals surface area contributed by atoms with Crippen LogP contribution < -0.4 is 24.4 Å². The number of benzene rings is 2. The van der Waals surface area contributed by atoms with Crippen molar-refractivity contribution in [1.82, 2.24) is 4.57 Å². The number of aromatic nitrogens is 1. The number of phenols is 1. The van der Waals surface area contributed by atoms with Crippen molar-refractivity contribution in [3.05, 3.63) is 79.4 Å². The summed E-state index contributed by atoms with van der Waals surface area (Å²) in [7, 11) is 1.52. The highest BCUT2D eigenvalue weighted by Crippen LogP contribution is 2.41. The van der Waals surface area contributed by atoms with E-state index in [4.69, 9.17) is 25.8 Å². The summed E-state index contributed by atoms with van der Waals surface area (Å²) >= 11 is 12.9. The zero-order valence-corrected chi connectivity index (χ0v) is 26.1. The molecule has 0 aliphatic carbocycles. The van der Waals surface area contributed by atoms with E-state index in [1.165, 1.54) is 11.7 Å². The number of carbonyl (C=O) groups is 1. The van der Waals surface area contributed by atoms with E-state index in [1.807, 2.05) is 29.5 Å². The number of ether oxygens (including phenoxy) is 3. The minimum Gasteiger partial charge on any atom is -0.506 e. The lowest BCUT2D eigenvalue weighted by molar-refractivity contribution is -0.139. The summed E-state index contributed by atoms with van der Waals surface area (Å²) < 4.78 is 19.6. The van der Waals surface area contributed by atoms with Crippen LogP contribution in [0.3, 0.4) is 0 Å². The summed E-state index contributed by atoms with van der Waals surface area (Å²) in [5, 5.41) is 11.0. The molecule has 4 rings (SSSR count). The number of esters is 1. The van der Waals surface area contributed by atoms with Gasteiger partial charge in [0.15, 0.2) is 16.3 Å². The number of fused-ring (bicyclic) bond motifs is 1. The molecular formula is C26H23BrClIN2O6S. The third kappa shape index (κ3) is 5.38. The van der Waals surface area contributed by atoms with E-state index in [2.05, 4.69) is 20.9 Å². The monoisotopic (exact) mass is 732 g/mol. The molecule has 0 radical (unpaired) electrons. The normalized spacial score (nSPS) is 15.2. The number of carbonyl (C=O) groups excluding carboxylic acids is 1. The lowest BCUT2D eigenvalue weighted by Gasteiger charge is -2.26. The number of phenolic OH excluding ortho intramolecular Hbond substituents is 1. The average Bonchev–Trinajstić information content (AvgIpc) is 3.16. The second-order valence-electron chi connectivity index (χ2n) is 8.09. The van der Waals surface area contributed by atoms with Crippen molar-refractivity contribution in [2.24, 2.45) is 4.99 Å². The molecular weight excluding hydrogens is 711 g/mol. The Morgan fingerprint density at radius 2 is 2.00 bits per heavy atom. The Labute approximate surface area is 249 Å². The van der Waals surface area contributed by atoms with Crippen LogP contribution in [0, 0.1) is 3.57 Å². The first-order valence-electron chi connectivity index (χ1n) is 11.5. The Kier molecular flexibility index (Phi) is 8.90. The fourth-order valence-corrected chi connectivity index (χ4v) is 6.75. The van der Waals surface area contributed by atoms with Crippen LogP contribution in [-0.2, 0) is 9.53 Å². The quantitative estimate of drug-likeness (QED) is 0.273. The molecule has 0 unspecified atom stereocenters. The van der Waals surface area contributed by atoms with Crippen LogP contribution in [0.25, 0.3) is 6.08 Å². The van der Waals surface area contributed by atoms with Gasteiger partial charge in [0.25, 0.3) is 5.56 Å². The Morgan fingerprint density at radius 3 is 2.66 bits per heavy atom. The van der Waals surface area contributed by atoms with Gasteiger partial charge in [-0.3, -0.25) is 9.36 Å². The molecule has 2 heterocycles. The third-order valence-corrected chi connectivity index (χ3v) is 8.45. The summed E-state index contributed by atoms with van der Waals surface area (Å²) in [6.45, 7) is 5.88. The lowest BCUT2D eigenvalue weighted by atomic mass is 9.95.